The third kappa shape index (κ3) is 38.3. The van der Waals surface area contributed by atoms with Crippen LogP contribution in [0.25, 0.3) is 0 Å². The summed E-state index contributed by atoms with van der Waals surface area (Å²) in [6, 6.07) is 0. The second kappa shape index (κ2) is 47.5. The fourth-order valence-electron chi connectivity index (χ4n) is 7.58. The van der Waals surface area contributed by atoms with Gasteiger partial charge in [0.05, 0.1) is 13.2 Å². The molecule has 0 amide bonds. The van der Waals surface area contributed by atoms with Crippen molar-refractivity contribution < 1.29 is 58.3 Å². The Hall–Kier alpha value is -3.26. The molecule has 0 saturated heterocycles. The highest BCUT2D eigenvalue weighted by molar-refractivity contribution is 7.47. The molecular formula is C59H97O12P. The van der Waals surface area contributed by atoms with E-state index in [0.717, 1.165) is 122 Å². The predicted molar refractivity (Wildman–Crippen MR) is 294 cm³/mol. The molecule has 12 nitrogen and oxygen atoms in total. The summed E-state index contributed by atoms with van der Waals surface area (Å²) in [6.45, 7) is 3.99. The van der Waals surface area contributed by atoms with Gasteiger partial charge in [-0.2, -0.15) is 0 Å². The van der Waals surface area contributed by atoms with Crippen molar-refractivity contribution in [1.82, 2.24) is 0 Å². The lowest BCUT2D eigenvalue weighted by atomic mass is 9.85. The van der Waals surface area contributed by atoms with E-state index in [4.69, 9.17) is 18.5 Å². The summed E-state index contributed by atoms with van der Waals surface area (Å²) in [5, 5.41) is 50.4. The molecule has 1 saturated carbocycles. The van der Waals surface area contributed by atoms with Crippen LogP contribution < -0.4 is 0 Å². The number of esters is 1. The molecule has 1 aliphatic carbocycles. The van der Waals surface area contributed by atoms with Crippen LogP contribution >= 0.6 is 7.82 Å². The first-order valence-corrected chi connectivity index (χ1v) is 28.9. The molecule has 0 spiro atoms. The quantitative estimate of drug-likeness (QED) is 0.0147. The normalized spacial score (nSPS) is 21.6. The van der Waals surface area contributed by atoms with Gasteiger partial charge >= 0.3 is 13.8 Å². The molecule has 72 heavy (non-hydrogen) atoms. The first-order valence-electron chi connectivity index (χ1n) is 27.4. The van der Waals surface area contributed by atoms with Crippen molar-refractivity contribution in [1.29, 1.82) is 0 Å². The van der Waals surface area contributed by atoms with Gasteiger partial charge in [-0.05, 0) is 103 Å². The number of carbonyl (C=O) groups is 1. The number of carbonyl (C=O) groups excluding carboxylic acids is 1. The minimum absolute atomic E-state index is 0.100. The van der Waals surface area contributed by atoms with E-state index < -0.39 is 63.1 Å². The first-order chi connectivity index (χ1) is 35.0. The number of phosphoric acid groups is 1. The lowest BCUT2D eigenvalue weighted by molar-refractivity contribution is -0.220. The van der Waals surface area contributed by atoms with Crippen LogP contribution in [0.1, 0.15) is 181 Å². The van der Waals surface area contributed by atoms with Crippen LogP contribution in [0, 0.1) is 0 Å². The monoisotopic (exact) mass is 1030 g/mol. The summed E-state index contributed by atoms with van der Waals surface area (Å²) in [4.78, 5) is 23.3. The average molecular weight is 1030 g/mol. The molecule has 6 N–H and O–H groups in total. The topological polar surface area (TPSA) is 192 Å². The molecule has 6 atom stereocenters. The van der Waals surface area contributed by atoms with Crippen molar-refractivity contribution in [2.45, 2.75) is 224 Å². The molecule has 6 unspecified atom stereocenters. The second-order valence-corrected chi connectivity index (χ2v) is 19.7. The van der Waals surface area contributed by atoms with Crippen LogP contribution in [0.4, 0.5) is 0 Å². The van der Waals surface area contributed by atoms with Gasteiger partial charge in [0.1, 0.15) is 42.7 Å². The Balaban J connectivity index is 2.36. The Kier molecular flexibility index (Phi) is 44.0. The third-order valence-electron chi connectivity index (χ3n) is 11.8. The summed E-state index contributed by atoms with van der Waals surface area (Å²) < 4.78 is 34.3. The average Bonchev–Trinajstić information content (AvgIpc) is 3.37. The lowest BCUT2D eigenvalue weighted by Gasteiger charge is -2.41. The van der Waals surface area contributed by atoms with Gasteiger partial charge in [-0.15, -0.1) is 0 Å². The molecule has 13 heteroatoms. The number of phosphoric ester groups is 1. The van der Waals surface area contributed by atoms with Gasteiger partial charge < -0.3 is 39.9 Å². The van der Waals surface area contributed by atoms with Crippen LogP contribution in [0.15, 0.2) is 122 Å². The van der Waals surface area contributed by atoms with Crippen LogP contribution in [0.3, 0.4) is 0 Å². The molecule has 0 bridgehead atoms. The SMILES string of the molecule is CC/C=C\C/C=C\C/C=C\C/C=C\C/C=C\C/C=C\CCCCCCC(=O)OC(COCCCCCCCCCCC/C=C\C/C=C\C/C=C\C/C=C\CC)COP(=O)(O)OC1C(O)C(O)C(O)C(O)C1O. The predicted octanol–water partition coefficient (Wildman–Crippen LogP) is 13.0. The molecular weight excluding hydrogens is 932 g/mol. The van der Waals surface area contributed by atoms with Crippen molar-refractivity contribution in [2.24, 2.45) is 0 Å². The smallest absolute Gasteiger partial charge is 0.457 e. The van der Waals surface area contributed by atoms with Gasteiger partial charge in [0.15, 0.2) is 0 Å². The molecule has 0 heterocycles. The van der Waals surface area contributed by atoms with Gasteiger partial charge in [0.2, 0.25) is 0 Å². The van der Waals surface area contributed by atoms with Gasteiger partial charge in [0.25, 0.3) is 0 Å². The highest BCUT2D eigenvalue weighted by Gasteiger charge is 2.51. The Morgan fingerprint density at radius 2 is 0.778 bits per heavy atom. The van der Waals surface area contributed by atoms with Gasteiger partial charge in [-0.3, -0.25) is 13.8 Å². The largest absolute Gasteiger partial charge is 0.472 e. The maximum atomic E-state index is 12.9. The molecule has 0 aliphatic heterocycles. The first kappa shape index (κ1) is 66.8. The summed E-state index contributed by atoms with van der Waals surface area (Å²) in [5.41, 5.74) is 0. The number of hydrogen-bond acceptors (Lipinski definition) is 11. The molecule has 1 fully saturated rings. The Labute approximate surface area is 435 Å². The Morgan fingerprint density at radius 3 is 1.18 bits per heavy atom. The van der Waals surface area contributed by atoms with Crippen LogP contribution in [0.5, 0.6) is 0 Å². The number of allylic oxidation sites excluding steroid dienone is 20. The van der Waals surface area contributed by atoms with E-state index in [9.17, 15) is 39.8 Å². The molecule has 0 aromatic carbocycles. The van der Waals surface area contributed by atoms with Gasteiger partial charge in [-0.25, -0.2) is 4.57 Å². The molecule has 1 aliphatic rings. The van der Waals surface area contributed by atoms with Crippen LogP contribution in [-0.2, 0) is 27.9 Å². The Bertz CT molecular complexity index is 1650. The number of unbranched alkanes of at least 4 members (excludes halogenated alkanes) is 13. The highest BCUT2D eigenvalue weighted by Crippen LogP contribution is 2.47. The minimum atomic E-state index is -5.05. The van der Waals surface area contributed by atoms with Crippen molar-refractivity contribution in [3.63, 3.8) is 0 Å². The molecule has 0 aromatic rings. The Morgan fingerprint density at radius 1 is 0.444 bits per heavy atom. The van der Waals surface area contributed by atoms with E-state index in [0.29, 0.717) is 13.0 Å². The van der Waals surface area contributed by atoms with E-state index in [2.05, 4.69) is 135 Å². The van der Waals surface area contributed by atoms with Crippen LogP contribution in [-0.4, -0.2) is 98.9 Å². The zero-order valence-electron chi connectivity index (χ0n) is 44.2. The van der Waals surface area contributed by atoms with E-state index in [-0.39, 0.29) is 13.0 Å². The zero-order valence-corrected chi connectivity index (χ0v) is 45.1. The zero-order chi connectivity index (χ0) is 52.6. The van der Waals surface area contributed by atoms with Crippen LogP contribution in [0.2, 0.25) is 0 Å². The van der Waals surface area contributed by atoms with E-state index in [1.54, 1.807) is 0 Å². The van der Waals surface area contributed by atoms with E-state index >= 15 is 0 Å². The highest BCUT2D eigenvalue weighted by atomic mass is 31.2. The summed E-state index contributed by atoms with van der Waals surface area (Å²) in [5.74, 6) is -0.508. The van der Waals surface area contributed by atoms with E-state index in [1.807, 2.05) is 0 Å². The summed E-state index contributed by atoms with van der Waals surface area (Å²) >= 11 is 0. The number of hydrogen-bond donors (Lipinski definition) is 6. The number of ether oxygens (including phenoxy) is 2. The summed E-state index contributed by atoms with van der Waals surface area (Å²) in [7, 11) is -5.05. The van der Waals surface area contributed by atoms with Gasteiger partial charge in [-0.1, -0.05) is 193 Å². The lowest BCUT2D eigenvalue weighted by Crippen LogP contribution is -2.64. The third-order valence-corrected chi connectivity index (χ3v) is 12.8. The van der Waals surface area contributed by atoms with Crippen molar-refractivity contribution in [3.05, 3.63) is 122 Å². The second-order valence-electron chi connectivity index (χ2n) is 18.3. The number of rotatable bonds is 45. The molecule has 1 rings (SSSR count). The fourth-order valence-corrected chi connectivity index (χ4v) is 8.56. The van der Waals surface area contributed by atoms with Crippen molar-refractivity contribution >= 4 is 13.8 Å². The minimum Gasteiger partial charge on any atom is -0.457 e. The van der Waals surface area contributed by atoms with Crippen molar-refractivity contribution in [2.75, 3.05) is 19.8 Å². The van der Waals surface area contributed by atoms with Gasteiger partial charge in [0, 0.05) is 13.0 Å². The molecule has 0 aromatic heterocycles. The molecule has 0 radical (unpaired) electrons. The molecule has 410 valence electrons. The fraction of sp³-hybridized carbons (Fsp3) is 0.644. The maximum absolute atomic E-state index is 12.9. The number of aliphatic hydroxyl groups excluding tert-OH is 5. The number of aliphatic hydroxyl groups is 5. The maximum Gasteiger partial charge on any atom is 0.472 e. The summed E-state index contributed by atoms with van der Waals surface area (Å²) in [6.07, 6.45) is 56.8. The van der Waals surface area contributed by atoms with Crippen molar-refractivity contribution in [3.8, 4) is 0 Å². The standard InChI is InChI=1S/C59H97O12P/c1-3-5-7-9-11-13-15-17-19-21-23-25-27-28-30-32-34-36-38-40-42-44-46-48-53(60)70-52(51-69-72(66,67)71-59-57(64)55(62)54(61)56(63)58(59)65)50-68-49-47-45-43-41-39-37-35-33-31-29-26-24-22-20-18-16-14-12-10-8-6-4-2/h5-8,11-14,17-20,23-26,28,30,34,36,52,54-59,61-65H,3-4,9-10,15-16,21-22,27,29,31-33,35,37-51H2,1-2H3,(H,66,67)/b7-5-,8-6-,13-11-,14-12-,19-17-,20-18-,25-23-,26-24-,30-28-,36-34-. The van der Waals surface area contributed by atoms with E-state index in [1.165, 1.54) is 32.1 Å².